The molecule has 0 aromatic heterocycles. The minimum atomic E-state index is -0.236. The standard InChI is InChI=1S/C7H16N2O2.ClH/c1-5-11-7(10)6(2)9(4)8-3;/h6,8H,5H2,1-4H3;1H. The summed E-state index contributed by atoms with van der Waals surface area (Å²) in [5.41, 5.74) is 2.84. The highest BCUT2D eigenvalue weighted by molar-refractivity contribution is 5.85. The maximum Gasteiger partial charge on any atom is 0.324 e. The molecule has 0 fully saturated rings. The van der Waals surface area contributed by atoms with Gasteiger partial charge in [0.25, 0.3) is 0 Å². The van der Waals surface area contributed by atoms with Gasteiger partial charge in [0.05, 0.1) is 6.61 Å². The molecule has 0 saturated heterocycles. The normalized spacial score (nSPS) is 12.1. The van der Waals surface area contributed by atoms with Gasteiger partial charge in [0.15, 0.2) is 0 Å². The third-order valence-electron chi connectivity index (χ3n) is 1.56. The van der Waals surface area contributed by atoms with Crippen molar-refractivity contribution in [3.63, 3.8) is 0 Å². The Labute approximate surface area is 79.6 Å². The molecule has 0 aromatic rings. The molecule has 0 heterocycles. The Morgan fingerprint density at radius 3 is 2.50 bits per heavy atom. The van der Waals surface area contributed by atoms with E-state index in [0.717, 1.165) is 0 Å². The fourth-order valence-electron chi connectivity index (χ4n) is 0.615. The number of nitrogens with zero attached hydrogens (tertiary/aromatic N) is 1. The Bertz CT molecular complexity index is 133. The monoisotopic (exact) mass is 196 g/mol. The number of carbonyl (C=O) groups excluding carboxylic acids is 1. The molecule has 0 aromatic carbocycles. The fraction of sp³-hybridized carbons (Fsp3) is 0.857. The first kappa shape index (κ1) is 14.2. The van der Waals surface area contributed by atoms with Crippen molar-refractivity contribution in [3.8, 4) is 0 Å². The number of ether oxygens (including phenoxy) is 1. The van der Waals surface area contributed by atoms with E-state index in [1.807, 2.05) is 0 Å². The summed E-state index contributed by atoms with van der Waals surface area (Å²) in [7, 11) is 3.55. The van der Waals surface area contributed by atoms with Gasteiger partial charge in [-0.1, -0.05) is 0 Å². The maximum atomic E-state index is 11.0. The van der Waals surface area contributed by atoms with Crippen LogP contribution in [0.1, 0.15) is 13.8 Å². The van der Waals surface area contributed by atoms with E-state index >= 15 is 0 Å². The summed E-state index contributed by atoms with van der Waals surface area (Å²) in [6.07, 6.45) is 0. The number of rotatable bonds is 4. The SMILES string of the molecule is CCOC(=O)C(C)N(C)NC.Cl. The van der Waals surface area contributed by atoms with Crippen LogP contribution in [0, 0.1) is 0 Å². The largest absolute Gasteiger partial charge is 0.465 e. The molecule has 0 aliphatic carbocycles. The van der Waals surface area contributed by atoms with E-state index in [2.05, 4.69) is 5.43 Å². The van der Waals surface area contributed by atoms with E-state index in [9.17, 15) is 4.79 Å². The molecule has 0 radical (unpaired) electrons. The second-order valence-corrected chi connectivity index (χ2v) is 2.26. The van der Waals surface area contributed by atoms with E-state index in [1.165, 1.54) is 0 Å². The number of carbonyl (C=O) groups is 1. The Morgan fingerprint density at radius 2 is 2.17 bits per heavy atom. The summed E-state index contributed by atoms with van der Waals surface area (Å²) in [6.45, 7) is 4.01. The van der Waals surface area contributed by atoms with Crippen LogP contribution in [0.4, 0.5) is 0 Å². The van der Waals surface area contributed by atoms with Gasteiger partial charge in [-0.15, -0.1) is 12.4 Å². The topological polar surface area (TPSA) is 41.6 Å². The average molecular weight is 197 g/mol. The molecule has 0 saturated carbocycles. The Kier molecular flexibility index (Phi) is 8.69. The van der Waals surface area contributed by atoms with Crippen LogP contribution in [0.2, 0.25) is 0 Å². The molecule has 0 aliphatic heterocycles. The fourth-order valence-corrected chi connectivity index (χ4v) is 0.615. The van der Waals surface area contributed by atoms with Crippen LogP contribution < -0.4 is 5.43 Å². The molecule has 1 atom stereocenters. The zero-order valence-electron chi connectivity index (χ0n) is 7.96. The van der Waals surface area contributed by atoms with Gasteiger partial charge in [0.1, 0.15) is 6.04 Å². The molecule has 0 amide bonds. The summed E-state index contributed by atoms with van der Waals surface area (Å²) < 4.78 is 4.81. The van der Waals surface area contributed by atoms with Gasteiger partial charge in [-0.3, -0.25) is 10.2 Å². The molecule has 74 valence electrons. The summed E-state index contributed by atoms with van der Waals surface area (Å²) in [5.74, 6) is -0.204. The van der Waals surface area contributed by atoms with Crippen LogP contribution in [-0.4, -0.2) is 37.7 Å². The smallest absolute Gasteiger partial charge is 0.324 e. The molecule has 4 nitrogen and oxygen atoms in total. The van der Waals surface area contributed by atoms with Crippen molar-refractivity contribution in [2.45, 2.75) is 19.9 Å². The van der Waals surface area contributed by atoms with Gasteiger partial charge in [0, 0.05) is 7.05 Å². The first-order valence-electron chi connectivity index (χ1n) is 3.70. The van der Waals surface area contributed by atoms with Crippen molar-refractivity contribution in [1.82, 2.24) is 10.4 Å². The highest BCUT2D eigenvalue weighted by Gasteiger charge is 2.17. The van der Waals surface area contributed by atoms with Crippen LogP contribution in [0.25, 0.3) is 0 Å². The predicted molar refractivity (Wildman–Crippen MR) is 50.2 cm³/mol. The van der Waals surface area contributed by atoms with E-state index in [0.29, 0.717) is 6.61 Å². The third kappa shape index (κ3) is 4.54. The summed E-state index contributed by atoms with van der Waals surface area (Å²) in [5, 5.41) is 1.69. The minimum Gasteiger partial charge on any atom is -0.465 e. The highest BCUT2D eigenvalue weighted by atomic mass is 35.5. The quantitative estimate of drug-likeness (QED) is 0.523. The lowest BCUT2D eigenvalue weighted by atomic mass is 10.3. The lowest BCUT2D eigenvalue weighted by molar-refractivity contribution is -0.149. The van der Waals surface area contributed by atoms with Gasteiger partial charge in [-0.25, -0.2) is 5.01 Å². The molecule has 0 spiro atoms. The van der Waals surface area contributed by atoms with Crippen molar-refractivity contribution in [2.75, 3.05) is 20.7 Å². The number of halogens is 1. The first-order chi connectivity index (χ1) is 5.13. The summed E-state index contributed by atoms with van der Waals surface area (Å²) in [4.78, 5) is 11.0. The molecular weight excluding hydrogens is 180 g/mol. The number of hydrogen-bond acceptors (Lipinski definition) is 4. The second kappa shape index (κ2) is 7.34. The van der Waals surface area contributed by atoms with Crippen LogP contribution in [0.3, 0.4) is 0 Å². The van der Waals surface area contributed by atoms with E-state index in [-0.39, 0.29) is 24.4 Å². The van der Waals surface area contributed by atoms with Crippen molar-refractivity contribution in [1.29, 1.82) is 0 Å². The molecule has 12 heavy (non-hydrogen) atoms. The van der Waals surface area contributed by atoms with Gasteiger partial charge >= 0.3 is 5.97 Å². The van der Waals surface area contributed by atoms with Crippen molar-refractivity contribution in [3.05, 3.63) is 0 Å². The number of nitrogens with one attached hydrogen (secondary N) is 1. The zero-order chi connectivity index (χ0) is 8.85. The van der Waals surface area contributed by atoms with E-state index < -0.39 is 0 Å². The molecule has 0 aliphatic rings. The zero-order valence-corrected chi connectivity index (χ0v) is 8.77. The van der Waals surface area contributed by atoms with Crippen molar-refractivity contribution in [2.24, 2.45) is 0 Å². The lowest BCUT2D eigenvalue weighted by Crippen LogP contribution is -2.44. The molecule has 1 N–H and O–H groups in total. The maximum absolute atomic E-state index is 11.0. The minimum absolute atomic E-state index is 0. The van der Waals surface area contributed by atoms with Crippen LogP contribution in [-0.2, 0) is 9.53 Å². The molecule has 5 heteroatoms. The van der Waals surface area contributed by atoms with E-state index in [4.69, 9.17) is 4.74 Å². The van der Waals surface area contributed by atoms with Gasteiger partial charge in [0.2, 0.25) is 0 Å². The van der Waals surface area contributed by atoms with Crippen molar-refractivity contribution < 1.29 is 9.53 Å². The van der Waals surface area contributed by atoms with Crippen LogP contribution in [0.15, 0.2) is 0 Å². The lowest BCUT2D eigenvalue weighted by Gasteiger charge is -2.21. The van der Waals surface area contributed by atoms with Gasteiger partial charge < -0.3 is 4.74 Å². The Morgan fingerprint density at radius 1 is 1.67 bits per heavy atom. The number of likely N-dealkylation sites (N-methyl/N-ethyl adjacent to an activating group) is 1. The van der Waals surface area contributed by atoms with Gasteiger partial charge in [-0.2, -0.15) is 0 Å². The third-order valence-corrected chi connectivity index (χ3v) is 1.56. The number of esters is 1. The Balaban J connectivity index is 0. The molecule has 0 rings (SSSR count). The van der Waals surface area contributed by atoms with Crippen molar-refractivity contribution >= 4 is 18.4 Å². The summed E-state index contributed by atoms with van der Waals surface area (Å²) in [6, 6.07) is -0.236. The first-order valence-corrected chi connectivity index (χ1v) is 3.70. The van der Waals surface area contributed by atoms with Crippen LogP contribution in [0.5, 0.6) is 0 Å². The highest BCUT2D eigenvalue weighted by Crippen LogP contribution is 1.93. The second-order valence-electron chi connectivity index (χ2n) is 2.26. The number of hydrazine groups is 1. The Hall–Kier alpha value is -0.320. The molecule has 0 bridgehead atoms. The molecule has 1 unspecified atom stereocenters. The molecular formula is C7H17ClN2O2. The number of hydrogen-bond donors (Lipinski definition) is 1. The van der Waals surface area contributed by atoms with Crippen LogP contribution >= 0.6 is 12.4 Å². The predicted octanol–water partition coefficient (Wildman–Crippen LogP) is 0.426. The van der Waals surface area contributed by atoms with Gasteiger partial charge in [-0.05, 0) is 20.9 Å². The average Bonchev–Trinajstić information content (AvgIpc) is 2.02. The van der Waals surface area contributed by atoms with E-state index in [1.54, 1.807) is 33.0 Å². The summed E-state index contributed by atoms with van der Waals surface area (Å²) >= 11 is 0.